The van der Waals surface area contributed by atoms with E-state index >= 15 is 0 Å². The number of hydrogen-bond donors (Lipinski definition) is 0. The molecule has 0 spiro atoms. The number of carbonyl (C=O) groups is 1. The molecule has 2 rings (SSSR count). The van der Waals surface area contributed by atoms with Gasteiger partial charge in [0, 0.05) is 12.6 Å². The first kappa shape index (κ1) is 16.1. The molecule has 0 N–H and O–H groups in total. The van der Waals surface area contributed by atoms with Crippen LogP contribution in [0.2, 0.25) is 0 Å². The van der Waals surface area contributed by atoms with Crippen LogP contribution in [0, 0.1) is 20.8 Å². The Morgan fingerprint density at radius 1 is 1.23 bits per heavy atom. The summed E-state index contributed by atoms with van der Waals surface area (Å²) < 4.78 is 10.7. The number of amides is 1. The van der Waals surface area contributed by atoms with Crippen molar-refractivity contribution in [2.24, 2.45) is 0 Å². The second kappa shape index (κ2) is 7.11. The number of benzene rings is 1. The molecule has 22 heavy (non-hydrogen) atoms. The Labute approximate surface area is 130 Å². The molecule has 0 aliphatic rings. The van der Waals surface area contributed by atoms with Crippen molar-refractivity contribution in [1.29, 1.82) is 0 Å². The summed E-state index contributed by atoms with van der Waals surface area (Å²) in [5.41, 5.74) is 2.84. The minimum atomic E-state index is 0.0295. The Bertz CT molecular complexity index is 612. The average Bonchev–Trinajstić information content (AvgIpc) is 2.81. The van der Waals surface area contributed by atoms with Gasteiger partial charge in [-0.05, 0) is 32.9 Å². The van der Waals surface area contributed by atoms with Crippen molar-refractivity contribution >= 4 is 5.91 Å². The van der Waals surface area contributed by atoms with E-state index < -0.39 is 0 Å². The van der Waals surface area contributed by atoms with E-state index in [1.165, 1.54) is 5.56 Å². The molecule has 1 heterocycles. The molecular weight excluding hydrogens is 280 g/mol. The lowest BCUT2D eigenvalue weighted by Gasteiger charge is -2.17. The van der Waals surface area contributed by atoms with Crippen molar-refractivity contribution in [3.63, 3.8) is 0 Å². The number of rotatable bonds is 6. The fraction of sp³-hybridized carbons (Fsp3) is 0.412. The van der Waals surface area contributed by atoms with Crippen LogP contribution in [-0.2, 0) is 11.2 Å². The van der Waals surface area contributed by atoms with Gasteiger partial charge in [-0.1, -0.05) is 22.9 Å². The summed E-state index contributed by atoms with van der Waals surface area (Å²) >= 11 is 0. The summed E-state index contributed by atoms with van der Waals surface area (Å²) in [6.07, 6.45) is 0.308. The van der Waals surface area contributed by atoms with Gasteiger partial charge in [-0.2, -0.15) is 0 Å². The van der Waals surface area contributed by atoms with Crippen LogP contribution >= 0.6 is 0 Å². The molecule has 0 saturated carbocycles. The van der Waals surface area contributed by atoms with Crippen LogP contribution < -0.4 is 4.74 Å². The van der Waals surface area contributed by atoms with Crippen LogP contribution in [0.1, 0.15) is 22.6 Å². The third-order valence-corrected chi connectivity index (χ3v) is 3.65. The van der Waals surface area contributed by atoms with E-state index in [4.69, 9.17) is 9.26 Å². The van der Waals surface area contributed by atoms with E-state index in [1.807, 2.05) is 45.0 Å². The van der Waals surface area contributed by atoms with Gasteiger partial charge in [-0.3, -0.25) is 4.79 Å². The fourth-order valence-electron chi connectivity index (χ4n) is 2.10. The third-order valence-electron chi connectivity index (χ3n) is 3.65. The summed E-state index contributed by atoms with van der Waals surface area (Å²) in [4.78, 5) is 13.9. The molecular formula is C17H22N2O3. The average molecular weight is 302 g/mol. The Morgan fingerprint density at radius 2 is 1.91 bits per heavy atom. The van der Waals surface area contributed by atoms with Gasteiger partial charge >= 0.3 is 0 Å². The van der Waals surface area contributed by atoms with E-state index in [0.717, 1.165) is 17.0 Å². The predicted molar refractivity (Wildman–Crippen MR) is 84.0 cm³/mol. The number of likely N-dealkylation sites (N-methyl/N-ethyl adjacent to an activating group) is 1. The first-order chi connectivity index (χ1) is 10.5. The lowest BCUT2D eigenvalue weighted by Crippen LogP contribution is -2.32. The van der Waals surface area contributed by atoms with Gasteiger partial charge < -0.3 is 14.2 Å². The fourth-order valence-corrected chi connectivity index (χ4v) is 2.10. The summed E-state index contributed by atoms with van der Waals surface area (Å²) in [5, 5.41) is 3.87. The highest BCUT2D eigenvalue weighted by Gasteiger charge is 2.16. The molecule has 0 aliphatic heterocycles. The number of carbonyl (C=O) groups excluding carboxylic acids is 1. The van der Waals surface area contributed by atoms with Crippen LogP contribution in [0.4, 0.5) is 0 Å². The summed E-state index contributed by atoms with van der Waals surface area (Å²) in [5.74, 6) is 1.55. The van der Waals surface area contributed by atoms with Gasteiger partial charge in [-0.25, -0.2) is 0 Å². The highest BCUT2D eigenvalue weighted by atomic mass is 16.5. The Morgan fingerprint density at radius 3 is 2.50 bits per heavy atom. The van der Waals surface area contributed by atoms with Crippen molar-refractivity contribution in [2.45, 2.75) is 27.2 Å². The maximum absolute atomic E-state index is 12.2. The zero-order valence-corrected chi connectivity index (χ0v) is 13.5. The minimum Gasteiger partial charge on any atom is -0.492 e. The maximum atomic E-state index is 12.2. The van der Waals surface area contributed by atoms with E-state index in [1.54, 1.807) is 11.9 Å². The standard InChI is InChI=1S/C17H22N2O3/c1-12-5-7-15(8-6-12)21-10-9-19(4)17(20)11-16-13(2)18-22-14(16)3/h5-8H,9-11H2,1-4H3. The topological polar surface area (TPSA) is 55.6 Å². The van der Waals surface area contributed by atoms with Gasteiger partial charge in [0.25, 0.3) is 0 Å². The normalized spacial score (nSPS) is 10.5. The van der Waals surface area contributed by atoms with Crippen molar-refractivity contribution in [3.05, 3.63) is 46.8 Å². The molecule has 0 aliphatic carbocycles. The largest absolute Gasteiger partial charge is 0.492 e. The van der Waals surface area contributed by atoms with Gasteiger partial charge in [0.05, 0.1) is 18.7 Å². The van der Waals surface area contributed by atoms with Crippen LogP contribution in [0.25, 0.3) is 0 Å². The molecule has 0 saturated heterocycles. The van der Waals surface area contributed by atoms with E-state index in [2.05, 4.69) is 5.16 Å². The van der Waals surface area contributed by atoms with Crippen LogP contribution in [0.5, 0.6) is 5.75 Å². The molecule has 0 atom stereocenters. The van der Waals surface area contributed by atoms with Crippen LogP contribution in [0.3, 0.4) is 0 Å². The molecule has 118 valence electrons. The lowest BCUT2D eigenvalue weighted by atomic mass is 10.1. The number of hydrogen-bond acceptors (Lipinski definition) is 4. The third kappa shape index (κ3) is 4.10. The predicted octanol–water partition coefficient (Wildman–Crippen LogP) is 2.68. The van der Waals surface area contributed by atoms with Crippen LogP contribution in [0.15, 0.2) is 28.8 Å². The maximum Gasteiger partial charge on any atom is 0.227 e. The van der Waals surface area contributed by atoms with E-state index in [-0.39, 0.29) is 5.91 Å². The van der Waals surface area contributed by atoms with Gasteiger partial charge in [0.2, 0.25) is 5.91 Å². The number of aromatic nitrogens is 1. The molecule has 1 amide bonds. The van der Waals surface area contributed by atoms with Crippen molar-refractivity contribution < 1.29 is 14.1 Å². The Kier molecular flexibility index (Phi) is 5.20. The molecule has 5 heteroatoms. The van der Waals surface area contributed by atoms with Crippen LogP contribution in [-0.4, -0.2) is 36.2 Å². The molecule has 0 unspecified atom stereocenters. The number of ether oxygens (including phenoxy) is 1. The zero-order chi connectivity index (χ0) is 16.1. The number of nitrogens with zero attached hydrogens (tertiary/aromatic N) is 2. The molecule has 0 bridgehead atoms. The Balaban J connectivity index is 1.80. The number of aryl methyl sites for hydroxylation is 3. The van der Waals surface area contributed by atoms with Gasteiger partial charge in [-0.15, -0.1) is 0 Å². The minimum absolute atomic E-state index is 0.0295. The first-order valence-electron chi connectivity index (χ1n) is 7.32. The lowest BCUT2D eigenvalue weighted by molar-refractivity contribution is -0.129. The quantitative estimate of drug-likeness (QED) is 0.823. The summed E-state index contributed by atoms with van der Waals surface area (Å²) in [6, 6.07) is 7.87. The molecule has 1 aromatic carbocycles. The monoisotopic (exact) mass is 302 g/mol. The van der Waals surface area contributed by atoms with Crippen molar-refractivity contribution in [2.75, 3.05) is 20.2 Å². The second-order valence-electron chi connectivity index (χ2n) is 5.46. The van der Waals surface area contributed by atoms with E-state index in [0.29, 0.717) is 25.3 Å². The molecule has 0 fully saturated rings. The van der Waals surface area contributed by atoms with Gasteiger partial charge in [0.1, 0.15) is 18.1 Å². The molecule has 0 radical (unpaired) electrons. The summed E-state index contributed by atoms with van der Waals surface area (Å²) in [6.45, 7) is 6.71. The smallest absolute Gasteiger partial charge is 0.227 e. The molecule has 2 aromatic rings. The second-order valence-corrected chi connectivity index (χ2v) is 5.46. The summed E-state index contributed by atoms with van der Waals surface area (Å²) in [7, 11) is 1.78. The van der Waals surface area contributed by atoms with E-state index in [9.17, 15) is 4.79 Å². The zero-order valence-electron chi connectivity index (χ0n) is 13.5. The SMILES string of the molecule is Cc1ccc(OCCN(C)C(=O)Cc2c(C)noc2C)cc1. The van der Waals surface area contributed by atoms with Gasteiger partial charge in [0.15, 0.2) is 0 Å². The van der Waals surface area contributed by atoms with Crippen molar-refractivity contribution in [1.82, 2.24) is 10.1 Å². The Hall–Kier alpha value is -2.30. The molecule has 5 nitrogen and oxygen atoms in total. The van der Waals surface area contributed by atoms with Crippen molar-refractivity contribution in [3.8, 4) is 5.75 Å². The highest BCUT2D eigenvalue weighted by molar-refractivity contribution is 5.78. The molecule has 1 aromatic heterocycles. The highest BCUT2D eigenvalue weighted by Crippen LogP contribution is 2.14. The first-order valence-corrected chi connectivity index (χ1v) is 7.32.